The van der Waals surface area contributed by atoms with Crippen molar-refractivity contribution in [3.05, 3.63) is 65.2 Å². The van der Waals surface area contributed by atoms with E-state index < -0.39 is 43.0 Å². The van der Waals surface area contributed by atoms with E-state index in [1.165, 1.54) is 18.2 Å². The average molecular weight is 507 g/mol. The third kappa shape index (κ3) is 4.77. The summed E-state index contributed by atoms with van der Waals surface area (Å²) in [5.41, 5.74) is -0.212. The zero-order valence-electron chi connectivity index (χ0n) is 23.0. The maximum Gasteiger partial charge on any atom is 0.418 e. The van der Waals surface area contributed by atoms with Crippen molar-refractivity contribution in [2.24, 2.45) is 5.92 Å². The van der Waals surface area contributed by atoms with Crippen LogP contribution in [0.25, 0.3) is 0 Å². The minimum atomic E-state index is -2.01. The first kappa shape index (κ1) is 22.3. The van der Waals surface area contributed by atoms with Gasteiger partial charge in [0, 0.05) is 39.5 Å². The molecule has 1 unspecified atom stereocenters. The van der Waals surface area contributed by atoms with Gasteiger partial charge in [-0.3, -0.25) is 9.59 Å². The number of anilines is 1. The van der Waals surface area contributed by atoms with Gasteiger partial charge in [0.1, 0.15) is 6.54 Å². The summed E-state index contributed by atoms with van der Waals surface area (Å²) < 4.78 is 22.8. The molecule has 3 aliphatic rings. The number of hydrogen-bond acceptors (Lipinski definition) is 5. The quantitative estimate of drug-likeness (QED) is 0.567. The number of nitrogens with one attached hydrogen (secondary N) is 2. The van der Waals surface area contributed by atoms with Crippen LogP contribution in [0.15, 0.2) is 48.5 Å². The summed E-state index contributed by atoms with van der Waals surface area (Å²) in [4.78, 5) is 54.7. The van der Waals surface area contributed by atoms with Gasteiger partial charge in [-0.1, -0.05) is 36.4 Å². The largest absolute Gasteiger partial charge is 0.427 e. The number of rotatable bonds is 8. The molecule has 2 aromatic rings. The van der Waals surface area contributed by atoms with Gasteiger partial charge in [0.15, 0.2) is 0 Å². The first-order chi connectivity index (χ1) is 18.6. The Morgan fingerprint density at radius 2 is 1.97 bits per heavy atom. The molecule has 1 heterocycles. The summed E-state index contributed by atoms with van der Waals surface area (Å²) >= 11 is 0. The molecule has 2 fully saturated rings. The first-order valence-corrected chi connectivity index (χ1v) is 12.6. The van der Waals surface area contributed by atoms with Crippen LogP contribution in [-0.4, -0.2) is 52.9 Å². The van der Waals surface area contributed by atoms with Crippen LogP contribution in [-0.2, 0) is 32.8 Å². The van der Waals surface area contributed by atoms with Crippen molar-refractivity contribution in [3.63, 3.8) is 0 Å². The molecule has 9 heteroatoms. The van der Waals surface area contributed by atoms with Crippen LogP contribution in [0.3, 0.4) is 0 Å². The molecule has 1 spiro atoms. The molecule has 2 aliphatic carbocycles. The Labute approximate surface area is 218 Å². The van der Waals surface area contributed by atoms with Crippen molar-refractivity contribution < 1.29 is 26.7 Å². The number of imide groups is 1. The number of aryl methyl sites for hydroxylation is 1. The molecule has 9 nitrogen and oxygen atoms in total. The number of urea groups is 1. The van der Waals surface area contributed by atoms with E-state index in [-0.39, 0.29) is 23.1 Å². The Hall–Kier alpha value is -3.88. The Bertz CT molecular complexity index is 1320. The molecule has 1 saturated heterocycles. The topological polar surface area (TPSA) is 108 Å². The third-order valence-electron chi connectivity index (χ3n) is 7.26. The van der Waals surface area contributed by atoms with Crippen molar-refractivity contribution in [3.8, 4) is 0 Å². The Balaban J connectivity index is 1.39. The highest BCUT2D eigenvalue weighted by atomic mass is 16.6. The van der Waals surface area contributed by atoms with Gasteiger partial charge in [-0.25, -0.2) is 14.5 Å². The highest BCUT2D eigenvalue weighted by molar-refractivity contribution is 6.06. The number of fused-ring (bicyclic) bond motifs is 2. The Morgan fingerprint density at radius 3 is 2.68 bits per heavy atom. The molecule has 2 atom stereocenters. The number of benzene rings is 2. The van der Waals surface area contributed by atoms with Crippen molar-refractivity contribution in [2.75, 3.05) is 18.4 Å². The standard InChI is InChI=1S/C28H32N4O5/c1-3-29-26(35)30-22-11-12-23-21(15-22)13-14-28(23)25(34)32(27(36)37-28)17-24(33)31(18(2)20-9-10-20)16-19-7-5-4-6-8-19/h4-8,11-12,15,18,20H,3,9-10,13-14,16-17H2,1-2H3,(H2,29,30,35)/t18-,28?/m0/s1/i13D2. The highest BCUT2D eigenvalue weighted by Crippen LogP contribution is 2.46. The number of ether oxygens (including phenoxy) is 1. The lowest BCUT2D eigenvalue weighted by Crippen LogP contribution is -2.47. The van der Waals surface area contributed by atoms with Crippen LogP contribution in [0.2, 0.25) is 0 Å². The van der Waals surface area contributed by atoms with Gasteiger partial charge in [0.25, 0.3) is 5.91 Å². The molecule has 1 aliphatic heterocycles. The molecule has 0 aromatic heterocycles. The summed E-state index contributed by atoms with van der Waals surface area (Å²) in [7, 11) is 0. The smallest absolute Gasteiger partial charge is 0.418 e. The molecular weight excluding hydrogens is 472 g/mol. The average Bonchev–Trinajstić information content (AvgIpc) is 3.68. The molecule has 2 aromatic carbocycles. The van der Waals surface area contributed by atoms with Crippen LogP contribution >= 0.6 is 0 Å². The summed E-state index contributed by atoms with van der Waals surface area (Å²) in [6.07, 6.45) is -1.35. The second kappa shape index (κ2) is 9.88. The predicted octanol–water partition coefficient (Wildman–Crippen LogP) is 3.78. The van der Waals surface area contributed by atoms with Gasteiger partial charge >= 0.3 is 12.1 Å². The highest BCUT2D eigenvalue weighted by Gasteiger charge is 2.58. The molecule has 194 valence electrons. The van der Waals surface area contributed by atoms with E-state index in [0.717, 1.165) is 23.3 Å². The number of carbonyl (C=O) groups excluding carboxylic acids is 4. The predicted molar refractivity (Wildman–Crippen MR) is 137 cm³/mol. The van der Waals surface area contributed by atoms with Crippen LogP contribution in [0, 0.1) is 5.92 Å². The normalized spacial score (nSPS) is 23.1. The molecule has 2 N–H and O–H groups in total. The van der Waals surface area contributed by atoms with E-state index >= 15 is 0 Å². The molecular formula is C28H32N4O5. The van der Waals surface area contributed by atoms with Crippen LogP contribution < -0.4 is 10.6 Å². The van der Waals surface area contributed by atoms with E-state index in [0.29, 0.717) is 24.7 Å². The third-order valence-corrected chi connectivity index (χ3v) is 7.26. The van der Waals surface area contributed by atoms with Crippen LogP contribution in [0.4, 0.5) is 15.3 Å². The van der Waals surface area contributed by atoms with Gasteiger partial charge in [0.05, 0.1) is 0 Å². The van der Waals surface area contributed by atoms with E-state index in [2.05, 4.69) is 10.6 Å². The van der Waals surface area contributed by atoms with Crippen LogP contribution in [0.5, 0.6) is 0 Å². The van der Waals surface area contributed by atoms with E-state index in [4.69, 9.17) is 7.48 Å². The van der Waals surface area contributed by atoms with Crippen LogP contribution in [0.1, 0.15) is 52.5 Å². The van der Waals surface area contributed by atoms with E-state index in [1.54, 1.807) is 11.8 Å². The second-order valence-corrected chi connectivity index (χ2v) is 9.77. The van der Waals surface area contributed by atoms with Crippen molar-refractivity contribution in [1.82, 2.24) is 15.1 Å². The van der Waals surface area contributed by atoms with Gasteiger partial charge in [-0.2, -0.15) is 0 Å². The summed E-state index contributed by atoms with van der Waals surface area (Å²) in [5, 5.41) is 5.23. The SMILES string of the molecule is [2H]C1([2H])CC2(OC(=O)N(CC(=O)N(Cc3ccccc3)[C@@H](C)C3CC3)C2=O)c2ccc(NC(=O)NCC)cc21. The van der Waals surface area contributed by atoms with Gasteiger partial charge < -0.3 is 20.3 Å². The van der Waals surface area contributed by atoms with Crippen molar-refractivity contribution in [2.45, 2.75) is 57.7 Å². The zero-order valence-corrected chi connectivity index (χ0v) is 21.0. The fourth-order valence-corrected chi connectivity index (χ4v) is 5.04. The minimum absolute atomic E-state index is 0.0578. The van der Waals surface area contributed by atoms with Gasteiger partial charge in [0.2, 0.25) is 11.5 Å². The number of nitrogens with zero attached hydrogens (tertiary/aromatic N) is 2. The summed E-state index contributed by atoms with van der Waals surface area (Å²) in [5.74, 6) is -0.753. The fourth-order valence-electron chi connectivity index (χ4n) is 5.04. The van der Waals surface area contributed by atoms with Crippen molar-refractivity contribution >= 4 is 29.6 Å². The minimum Gasteiger partial charge on any atom is -0.427 e. The Kier molecular flexibility index (Phi) is 5.96. The maximum absolute atomic E-state index is 13.7. The first-order valence-electron chi connectivity index (χ1n) is 13.6. The lowest BCUT2D eigenvalue weighted by atomic mass is 9.94. The monoisotopic (exact) mass is 506 g/mol. The van der Waals surface area contributed by atoms with E-state index in [1.807, 2.05) is 37.3 Å². The number of amides is 5. The molecule has 37 heavy (non-hydrogen) atoms. The molecule has 1 saturated carbocycles. The summed E-state index contributed by atoms with van der Waals surface area (Å²) in [6.45, 7) is 4.04. The molecule has 5 amide bonds. The van der Waals surface area contributed by atoms with E-state index in [9.17, 15) is 19.2 Å². The lowest BCUT2D eigenvalue weighted by molar-refractivity contribution is -0.143. The number of carbonyl (C=O) groups is 4. The molecule has 5 rings (SSSR count). The van der Waals surface area contributed by atoms with Gasteiger partial charge in [-0.05, 0) is 62.2 Å². The second-order valence-electron chi connectivity index (χ2n) is 9.77. The summed E-state index contributed by atoms with van der Waals surface area (Å²) in [6, 6.07) is 13.5. The number of hydrogen-bond donors (Lipinski definition) is 2. The molecule has 0 radical (unpaired) electrons. The zero-order chi connectivity index (χ0) is 27.9. The lowest BCUT2D eigenvalue weighted by Gasteiger charge is -2.30. The molecule has 0 bridgehead atoms. The van der Waals surface area contributed by atoms with Gasteiger partial charge in [-0.15, -0.1) is 0 Å². The van der Waals surface area contributed by atoms with Crippen molar-refractivity contribution in [1.29, 1.82) is 0 Å². The Morgan fingerprint density at radius 1 is 1.22 bits per heavy atom. The fraction of sp³-hybridized carbons (Fsp3) is 0.429. The maximum atomic E-state index is 13.7.